The number of nitrogens with one attached hydrogen (secondary N) is 1. The van der Waals surface area contributed by atoms with Gasteiger partial charge in [0.15, 0.2) is 0 Å². The Balaban J connectivity index is 1.75. The second-order valence-corrected chi connectivity index (χ2v) is 6.77. The first-order chi connectivity index (χ1) is 12.9. The summed E-state index contributed by atoms with van der Waals surface area (Å²) in [5.74, 6) is -2.20. The molecule has 3 rings (SSSR count). The minimum Gasteiger partial charge on any atom is -0.477 e. The van der Waals surface area contributed by atoms with E-state index in [4.69, 9.17) is 5.11 Å². The first kappa shape index (κ1) is 18.7. The van der Waals surface area contributed by atoms with Gasteiger partial charge in [0.25, 0.3) is 5.91 Å². The predicted molar refractivity (Wildman–Crippen MR) is 99.5 cm³/mol. The number of pyridine rings is 1. The average Bonchev–Trinajstić information content (AvgIpc) is 3.06. The summed E-state index contributed by atoms with van der Waals surface area (Å²) in [6, 6.07) is 8.26. The number of amides is 1. The molecule has 3 aromatic rings. The van der Waals surface area contributed by atoms with Gasteiger partial charge in [0.2, 0.25) is 0 Å². The summed E-state index contributed by atoms with van der Waals surface area (Å²) in [5, 5.41) is 14.6. The lowest BCUT2D eigenvalue weighted by Crippen LogP contribution is -2.25. The summed E-state index contributed by atoms with van der Waals surface area (Å²) >= 11 is 1.52. The van der Waals surface area contributed by atoms with Crippen molar-refractivity contribution in [1.82, 2.24) is 15.3 Å². The summed E-state index contributed by atoms with van der Waals surface area (Å²) in [6.07, 6.45) is 0.592. The molecule has 0 aliphatic heterocycles. The number of carboxylic acids is 1. The Kier molecular flexibility index (Phi) is 5.56. The van der Waals surface area contributed by atoms with Gasteiger partial charge >= 0.3 is 5.97 Å². The van der Waals surface area contributed by atoms with Crippen molar-refractivity contribution in [2.75, 3.05) is 6.54 Å². The molecule has 0 aliphatic rings. The molecule has 0 unspecified atom stereocenters. The van der Waals surface area contributed by atoms with Crippen molar-refractivity contribution in [3.63, 3.8) is 0 Å². The first-order valence-electron chi connectivity index (χ1n) is 8.13. The highest BCUT2D eigenvalue weighted by molar-refractivity contribution is 7.09. The van der Waals surface area contributed by atoms with Gasteiger partial charge < -0.3 is 10.4 Å². The van der Waals surface area contributed by atoms with E-state index in [-0.39, 0.29) is 17.0 Å². The molecule has 2 N–H and O–H groups in total. The van der Waals surface area contributed by atoms with Crippen molar-refractivity contribution in [2.24, 2.45) is 0 Å². The third-order valence-corrected chi connectivity index (χ3v) is 4.74. The quantitative estimate of drug-likeness (QED) is 0.679. The van der Waals surface area contributed by atoms with E-state index in [2.05, 4.69) is 15.3 Å². The van der Waals surface area contributed by atoms with Gasteiger partial charge in [0.05, 0.1) is 10.7 Å². The van der Waals surface area contributed by atoms with Gasteiger partial charge in [-0.1, -0.05) is 6.07 Å². The van der Waals surface area contributed by atoms with Crippen molar-refractivity contribution >= 4 is 23.2 Å². The highest BCUT2D eigenvalue weighted by atomic mass is 32.1. The van der Waals surface area contributed by atoms with E-state index in [9.17, 15) is 14.0 Å². The number of carboxylic acid groups (broad SMARTS) is 1. The topological polar surface area (TPSA) is 92.2 Å². The fraction of sp³-hybridized carbons (Fsp3) is 0.158. The monoisotopic (exact) mass is 385 g/mol. The zero-order chi connectivity index (χ0) is 19.4. The summed E-state index contributed by atoms with van der Waals surface area (Å²) in [5.41, 5.74) is 1.54. The maximum absolute atomic E-state index is 14.0. The van der Waals surface area contributed by atoms with Crippen LogP contribution in [0.4, 0.5) is 4.39 Å². The van der Waals surface area contributed by atoms with Crippen LogP contribution in [0.1, 0.15) is 31.5 Å². The fourth-order valence-corrected chi connectivity index (χ4v) is 3.26. The molecule has 27 heavy (non-hydrogen) atoms. The minimum atomic E-state index is -1.18. The Morgan fingerprint density at radius 1 is 1.22 bits per heavy atom. The number of aromatic carboxylic acids is 1. The number of halogens is 1. The lowest BCUT2D eigenvalue weighted by molar-refractivity contribution is 0.0690. The van der Waals surface area contributed by atoms with Crippen LogP contribution in [0.5, 0.6) is 0 Å². The van der Waals surface area contributed by atoms with Crippen molar-refractivity contribution < 1.29 is 19.1 Å². The molecule has 0 radical (unpaired) electrons. The SMILES string of the molecule is Cc1csc(CCNC(=O)c2cc(F)cc(-c3cccc(C(=O)O)n3)c2)n1. The van der Waals surface area contributed by atoms with Gasteiger partial charge in [0.1, 0.15) is 11.5 Å². The normalized spacial score (nSPS) is 10.6. The number of benzene rings is 1. The Morgan fingerprint density at radius 3 is 2.74 bits per heavy atom. The number of carbonyl (C=O) groups is 2. The third kappa shape index (κ3) is 4.73. The predicted octanol–water partition coefficient (Wildman–Crippen LogP) is 3.32. The van der Waals surface area contributed by atoms with Crippen LogP contribution >= 0.6 is 11.3 Å². The number of carbonyl (C=O) groups excluding carboxylic acids is 1. The second-order valence-electron chi connectivity index (χ2n) is 5.83. The van der Waals surface area contributed by atoms with E-state index in [0.29, 0.717) is 18.5 Å². The summed E-state index contributed by atoms with van der Waals surface area (Å²) in [4.78, 5) is 31.7. The van der Waals surface area contributed by atoms with E-state index in [0.717, 1.165) is 16.8 Å². The lowest BCUT2D eigenvalue weighted by atomic mass is 10.1. The van der Waals surface area contributed by atoms with Gasteiger partial charge in [-0.05, 0) is 37.3 Å². The zero-order valence-electron chi connectivity index (χ0n) is 14.4. The van der Waals surface area contributed by atoms with E-state index in [1.807, 2.05) is 12.3 Å². The van der Waals surface area contributed by atoms with Gasteiger partial charge in [-0.25, -0.2) is 19.2 Å². The second kappa shape index (κ2) is 8.05. The van der Waals surface area contributed by atoms with Gasteiger partial charge in [0, 0.05) is 35.2 Å². The molecule has 0 bridgehead atoms. The van der Waals surface area contributed by atoms with E-state index in [1.54, 1.807) is 6.07 Å². The Hall–Kier alpha value is -3.13. The summed E-state index contributed by atoms with van der Waals surface area (Å²) in [6.45, 7) is 2.28. The molecule has 0 aliphatic carbocycles. The number of aryl methyl sites for hydroxylation is 1. The molecule has 8 heteroatoms. The van der Waals surface area contributed by atoms with Gasteiger partial charge in [-0.15, -0.1) is 11.3 Å². The van der Waals surface area contributed by atoms with Crippen molar-refractivity contribution in [2.45, 2.75) is 13.3 Å². The standard InChI is InChI=1S/C19H16FN3O3S/c1-11-10-27-17(22-11)5-6-21-18(24)13-7-12(8-14(20)9-13)15-3-2-4-16(23-15)19(25)26/h2-4,7-10H,5-6H2,1H3,(H,21,24)(H,25,26). The number of thiazole rings is 1. The molecule has 0 spiro atoms. The Labute approximate surface area is 158 Å². The van der Waals surface area contributed by atoms with E-state index < -0.39 is 17.7 Å². The van der Waals surface area contributed by atoms with Crippen molar-refractivity contribution in [3.8, 4) is 11.3 Å². The molecule has 0 saturated heterocycles. The molecule has 0 saturated carbocycles. The van der Waals surface area contributed by atoms with Crippen LogP contribution in [0.25, 0.3) is 11.3 Å². The fourth-order valence-electron chi connectivity index (χ4n) is 2.49. The maximum atomic E-state index is 14.0. The molecule has 1 amide bonds. The van der Waals surface area contributed by atoms with Crippen LogP contribution in [-0.4, -0.2) is 33.5 Å². The van der Waals surface area contributed by atoms with E-state index in [1.165, 1.54) is 35.6 Å². The molecule has 2 aromatic heterocycles. The van der Waals surface area contributed by atoms with Crippen LogP contribution in [0, 0.1) is 12.7 Å². The number of aromatic nitrogens is 2. The summed E-state index contributed by atoms with van der Waals surface area (Å²) in [7, 11) is 0. The van der Waals surface area contributed by atoms with Crippen LogP contribution in [0.3, 0.4) is 0 Å². The lowest BCUT2D eigenvalue weighted by Gasteiger charge is -2.08. The van der Waals surface area contributed by atoms with E-state index >= 15 is 0 Å². The molecule has 1 aromatic carbocycles. The largest absolute Gasteiger partial charge is 0.477 e. The van der Waals surface area contributed by atoms with Crippen LogP contribution in [-0.2, 0) is 6.42 Å². The van der Waals surface area contributed by atoms with Crippen LogP contribution in [0.2, 0.25) is 0 Å². The molecule has 0 atom stereocenters. The van der Waals surface area contributed by atoms with Crippen molar-refractivity contribution in [1.29, 1.82) is 0 Å². The number of hydrogen-bond acceptors (Lipinski definition) is 5. The Bertz CT molecular complexity index is 1000. The van der Waals surface area contributed by atoms with Crippen LogP contribution < -0.4 is 5.32 Å². The first-order valence-corrected chi connectivity index (χ1v) is 9.01. The summed E-state index contributed by atoms with van der Waals surface area (Å²) < 4.78 is 14.0. The smallest absolute Gasteiger partial charge is 0.354 e. The highest BCUT2D eigenvalue weighted by Crippen LogP contribution is 2.21. The molecular weight excluding hydrogens is 369 g/mol. The van der Waals surface area contributed by atoms with Crippen LogP contribution in [0.15, 0.2) is 41.8 Å². The average molecular weight is 385 g/mol. The number of rotatable bonds is 6. The molecule has 0 fully saturated rings. The number of hydrogen-bond donors (Lipinski definition) is 2. The zero-order valence-corrected chi connectivity index (χ0v) is 15.2. The molecule has 6 nitrogen and oxygen atoms in total. The molecule has 2 heterocycles. The van der Waals surface area contributed by atoms with Crippen molar-refractivity contribution in [3.05, 3.63) is 69.6 Å². The molecular formula is C19H16FN3O3S. The minimum absolute atomic E-state index is 0.142. The highest BCUT2D eigenvalue weighted by Gasteiger charge is 2.12. The van der Waals surface area contributed by atoms with Gasteiger partial charge in [-0.3, -0.25) is 4.79 Å². The molecule has 138 valence electrons. The maximum Gasteiger partial charge on any atom is 0.354 e. The third-order valence-electron chi connectivity index (χ3n) is 3.71. The Morgan fingerprint density at radius 2 is 2.04 bits per heavy atom. The van der Waals surface area contributed by atoms with Gasteiger partial charge in [-0.2, -0.15) is 0 Å². The number of nitrogens with zero attached hydrogens (tertiary/aromatic N) is 2.